The zero-order valence-electron chi connectivity index (χ0n) is 15.4. The number of hydrogen-bond acceptors (Lipinski definition) is 5. The van der Waals surface area contributed by atoms with Crippen LogP contribution in [-0.2, 0) is 9.47 Å². The van der Waals surface area contributed by atoms with Crippen molar-refractivity contribution in [3.05, 3.63) is 24.3 Å². The molecule has 1 spiro atoms. The predicted octanol–water partition coefficient (Wildman–Crippen LogP) is 2.93. The molecule has 0 bridgehead atoms. The highest BCUT2D eigenvalue weighted by Gasteiger charge is 2.40. The number of hydrogen-bond donors (Lipinski definition) is 1. The minimum absolute atomic E-state index is 0.270. The van der Waals surface area contributed by atoms with Gasteiger partial charge in [-0.25, -0.2) is 0 Å². The molecule has 1 aromatic carbocycles. The molecular formula is C20H31N3O2. The van der Waals surface area contributed by atoms with E-state index in [9.17, 15) is 0 Å². The van der Waals surface area contributed by atoms with Crippen LogP contribution in [0, 0.1) is 0 Å². The zero-order valence-corrected chi connectivity index (χ0v) is 15.4. The number of likely N-dealkylation sites (N-methyl/N-ethyl adjacent to an activating group) is 1. The number of benzene rings is 1. The highest BCUT2D eigenvalue weighted by Crippen LogP contribution is 2.37. The third-order valence-electron chi connectivity index (χ3n) is 5.98. The van der Waals surface area contributed by atoms with Crippen LogP contribution in [0.2, 0.25) is 0 Å². The number of anilines is 2. The van der Waals surface area contributed by atoms with Crippen molar-refractivity contribution >= 4 is 11.4 Å². The Bertz CT molecular complexity index is 556. The summed E-state index contributed by atoms with van der Waals surface area (Å²) in [5.74, 6) is -0.270. The maximum absolute atomic E-state index is 5.86. The third-order valence-corrected chi connectivity index (χ3v) is 5.98. The van der Waals surface area contributed by atoms with Crippen LogP contribution in [0.3, 0.4) is 0 Å². The fraction of sp³-hybridized carbons (Fsp3) is 0.700. The Morgan fingerprint density at radius 2 is 1.72 bits per heavy atom. The van der Waals surface area contributed by atoms with E-state index in [1.165, 1.54) is 11.4 Å². The number of ether oxygens (including phenoxy) is 2. The molecule has 138 valence electrons. The van der Waals surface area contributed by atoms with Crippen molar-refractivity contribution in [3.8, 4) is 0 Å². The lowest BCUT2D eigenvalue weighted by Gasteiger charge is -2.38. The summed E-state index contributed by atoms with van der Waals surface area (Å²) in [7, 11) is 0. The van der Waals surface area contributed by atoms with Gasteiger partial charge in [0.15, 0.2) is 5.79 Å². The Balaban J connectivity index is 1.38. The van der Waals surface area contributed by atoms with Gasteiger partial charge in [0.25, 0.3) is 0 Å². The van der Waals surface area contributed by atoms with Gasteiger partial charge in [0.05, 0.1) is 24.6 Å². The fourth-order valence-corrected chi connectivity index (χ4v) is 4.38. The Morgan fingerprint density at radius 3 is 2.40 bits per heavy atom. The number of rotatable bonds is 4. The number of nitrogens with one attached hydrogen (secondary N) is 1. The molecule has 2 aliphatic heterocycles. The topological polar surface area (TPSA) is 37.0 Å². The van der Waals surface area contributed by atoms with Crippen molar-refractivity contribution in [1.29, 1.82) is 0 Å². The first-order valence-corrected chi connectivity index (χ1v) is 9.89. The van der Waals surface area contributed by atoms with Gasteiger partial charge in [0, 0.05) is 45.1 Å². The summed E-state index contributed by atoms with van der Waals surface area (Å²) in [6.07, 6.45) is 4.22. The van der Waals surface area contributed by atoms with E-state index in [1.807, 2.05) is 0 Å². The molecular weight excluding hydrogens is 314 g/mol. The average Bonchev–Trinajstić information content (AvgIpc) is 3.13. The highest BCUT2D eigenvalue weighted by molar-refractivity contribution is 5.70. The van der Waals surface area contributed by atoms with E-state index in [-0.39, 0.29) is 5.79 Å². The molecule has 1 N–H and O–H groups in total. The molecule has 0 atom stereocenters. The summed E-state index contributed by atoms with van der Waals surface area (Å²) in [6.45, 7) is 9.46. The smallest absolute Gasteiger partial charge is 0.168 e. The molecule has 0 aromatic heterocycles. The summed E-state index contributed by atoms with van der Waals surface area (Å²) in [6, 6.07) is 9.30. The molecule has 0 amide bonds. The molecule has 3 aliphatic rings. The van der Waals surface area contributed by atoms with Crippen molar-refractivity contribution in [2.24, 2.45) is 0 Å². The lowest BCUT2D eigenvalue weighted by Crippen LogP contribution is -2.46. The molecule has 5 nitrogen and oxygen atoms in total. The van der Waals surface area contributed by atoms with Crippen LogP contribution < -0.4 is 10.2 Å². The number of piperazine rings is 1. The van der Waals surface area contributed by atoms with Gasteiger partial charge in [0.2, 0.25) is 0 Å². The quantitative estimate of drug-likeness (QED) is 0.908. The van der Waals surface area contributed by atoms with E-state index in [0.29, 0.717) is 6.04 Å². The monoisotopic (exact) mass is 345 g/mol. The fourth-order valence-electron chi connectivity index (χ4n) is 4.38. The normalized spacial score (nSPS) is 24.8. The Labute approximate surface area is 151 Å². The second-order valence-electron chi connectivity index (χ2n) is 7.46. The van der Waals surface area contributed by atoms with E-state index in [4.69, 9.17) is 9.47 Å². The Morgan fingerprint density at radius 1 is 1.04 bits per heavy atom. The third kappa shape index (κ3) is 3.78. The van der Waals surface area contributed by atoms with Gasteiger partial charge in [-0.3, -0.25) is 0 Å². The molecule has 1 saturated carbocycles. The van der Waals surface area contributed by atoms with E-state index < -0.39 is 0 Å². The van der Waals surface area contributed by atoms with E-state index >= 15 is 0 Å². The second kappa shape index (κ2) is 7.52. The highest BCUT2D eigenvalue weighted by atomic mass is 16.7. The first-order chi connectivity index (χ1) is 12.3. The number of nitrogens with zero attached hydrogens (tertiary/aromatic N) is 2. The van der Waals surface area contributed by atoms with Crippen LogP contribution in [0.5, 0.6) is 0 Å². The predicted molar refractivity (Wildman–Crippen MR) is 101 cm³/mol. The zero-order chi connectivity index (χ0) is 17.1. The second-order valence-corrected chi connectivity index (χ2v) is 7.46. The van der Waals surface area contributed by atoms with Crippen LogP contribution in [0.1, 0.15) is 32.6 Å². The van der Waals surface area contributed by atoms with Gasteiger partial charge in [-0.1, -0.05) is 19.1 Å². The van der Waals surface area contributed by atoms with E-state index in [2.05, 4.69) is 46.3 Å². The SMILES string of the molecule is CCN1CCN(c2ccccc2NC2CCC3(CC2)OCCO3)CC1. The molecule has 2 saturated heterocycles. The summed E-state index contributed by atoms with van der Waals surface area (Å²) in [4.78, 5) is 5.05. The first-order valence-electron chi connectivity index (χ1n) is 9.89. The van der Waals surface area contributed by atoms with Crippen LogP contribution in [0.15, 0.2) is 24.3 Å². The summed E-state index contributed by atoms with van der Waals surface area (Å²) in [5, 5.41) is 3.81. The van der Waals surface area contributed by atoms with Crippen LogP contribution in [0.4, 0.5) is 11.4 Å². The van der Waals surface area contributed by atoms with Gasteiger partial charge < -0.3 is 24.6 Å². The molecule has 0 radical (unpaired) electrons. The molecule has 3 fully saturated rings. The minimum Gasteiger partial charge on any atom is -0.381 e. The van der Waals surface area contributed by atoms with Gasteiger partial charge in [-0.05, 0) is 31.5 Å². The van der Waals surface area contributed by atoms with Crippen LogP contribution >= 0.6 is 0 Å². The Hall–Kier alpha value is -1.30. The van der Waals surface area contributed by atoms with E-state index in [1.54, 1.807) is 0 Å². The molecule has 25 heavy (non-hydrogen) atoms. The van der Waals surface area contributed by atoms with E-state index in [0.717, 1.165) is 71.6 Å². The minimum atomic E-state index is -0.270. The molecule has 5 heteroatoms. The molecule has 4 rings (SSSR count). The Kier molecular flexibility index (Phi) is 5.15. The lowest BCUT2D eigenvalue weighted by atomic mass is 9.90. The molecule has 0 unspecified atom stereocenters. The maximum atomic E-state index is 5.86. The van der Waals surface area contributed by atoms with Gasteiger partial charge >= 0.3 is 0 Å². The average molecular weight is 345 g/mol. The molecule has 2 heterocycles. The van der Waals surface area contributed by atoms with Crippen LogP contribution in [-0.4, -0.2) is 62.7 Å². The molecule has 1 aliphatic carbocycles. The standard InChI is InChI=1S/C20H31N3O2/c1-2-22-11-13-23(14-12-22)19-6-4-3-5-18(19)21-17-7-9-20(10-8-17)24-15-16-25-20/h3-6,17,21H,2,7-16H2,1H3. The lowest BCUT2D eigenvalue weighted by molar-refractivity contribution is -0.177. The van der Waals surface area contributed by atoms with Gasteiger partial charge in [-0.15, -0.1) is 0 Å². The van der Waals surface area contributed by atoms with Crippen molar-refractivity contribution in [3.63, 3.8) is 0 Å². The number of para-hydroxylation sites is 2. The molecule has 1 aromatic rings. The summed E-state index contributed by atoms with van der Waals surface area (Å²) < 4.78 is 11.7. The van der Waals surface area contributed by atoms with Gasteiger partial charge in [-0.2, -0.15) is 0 Å². The van der Waals surface area contributed by atoms with Crippen molar-refractivity contribution < 1.29 is 9.47 Å². The van der Waals surface area contributed by atoms with Gasteiger partial charge in [0.1, 0.15) is 0 Å². The maximum Gasteiger partial charge on any atom is 0.168 e. The summed E-state index contributed by atoms with van der Waals surface area (Å²) in [5.41, 5.74) is 2.63. The first kappa shape index (κ1) is 17.1. The van der Waals surface area contributed by atoms with Crippen molar-refractivity contribution in [1.82, 2.24) is 4.90 Å². The summed E-state index contributed by atoms with van der Waals surface area (Å²) >= 11 is 0. The van der Waals surface area contributed by atoms with Crippen LogP contribution in [0.25, 0.3) is 0 Å². The van der Waals surface area contributed by atoms with Crippen molar-refractivity contribution in [2.45, 2.75) is 44.4 Å². The van der Waals surface area contributed by atoms with Crippen molar-refractivity contribution in [2.75, 3.05) is 56.2 Å². The largest absolute Gasteiger partial charge is 0.381 e.